The van der Waals surface area contributed by atoms with Crippen molar-refractivity contribution in [3.63, 3.8) is 0 Å². The zero-order chi connectivity index (χ0) is 19.4. The van der Waals surface area contributed by atoms with Crippen molar-refractivity contribution in [1.29, 1.82) is 0 Å². The number of hydrogen-bond acceptors (Lipinski definition) is 6. The van der Waals surface area contributed by atoms with Crippen LogP contribution in [0.1, 0.15) is 63.6 Å². The Labute approximate surface area is 172 Å². The van der Waals surface area contributed by atoms with Gasteiger partial charge in [0.05, 0.1) is 19.0 Å². The highest BCUT2D eigenvalue weighted by Crippen LogP contribution is 2.40. The standard InChI is InChI=1S/C20H33N5O2S/c1-2-25-18(16-6-7-16)22-23-19(25)28-14-17(26)21-15-20(8-4-3-5-9-20)24-10-12-27-13-11-24/h16H,2-15H2,1H3,(H,21,26). The Morgan fingerprint density at radius 2 is 1.96 bits per heavy atom. The molecule has 1 saturated heterocycles. The average molecular weight is 408 g/mol. The van der Waals surface area contributed by atoms with Gasteiger partial charge in [-0.3, -0.25) is 9.69 Å². The number of nitrogens with zero attached hydrogens (tertiary/aromatic N) is 4. The van der Waals surface area contributed by atoms with Crippen molar-refractivity contribution in [1.82, 2.24) is 25.0 Å². The van der Waals surface area contributed by atoms with Crippen molar-refractivity contribution in [2.45, 2.75) is 75.0 Å². The second-order valence-corrected chi connectivity index (χ2v) is 9.25. The second kappa shape index (κ2) is 9.13. The van der Waals surface area contributed by atoms with Crippen molar-refractivity contribution in [3.8, 4) is 0 Å². The number of nitrogens with one attached hydrogen (secondary N) is 1. The molecular weight excluding hydrogens is 374 g/mol. The van der Waals surface area contributed by atoms with E-state index >= 15 is 0 Å². The molecular formula is C20H33N5O2S. The number of amides is 1. The van der Waals surface area contributed by atoms with Crippen LogP contribution in [0, 0.1) is 0 Å². The molecule has 1 aromatic heterocycles. The molecule has 7 nitrogen and oxygen atoms in total. The van der Waals surface area contributed by atoms with Gasteiger partial charge in [0.25, 0.3) is 0 Å². The number of hydrogen-bond donors (Lipinski definition) is 1. The molecule has 1 amide bonds. The maximum Gasteiger partial charge on any atom is 0.230 e. The molecule has 1 aromatic rings. The molecule has 0 radical (unpaired) electrons. The summed E-state index contributed by atoms with van der Waals surface area (Å²) in [5, 5.41) is 12.8. The topological polar surface area (TPSA) is 72.3 Å². The third-order valence-electron chi connectivity index (χ3n) is 6.42. The fourth-order valence-corrected chi connectivity index (χ4v) is 5.48. The van der Waals surface area contributed by atoms with E-state index in [1.165, 1.54) is 56.7 Å². The van der Waals surface area contributed by atoms with Crippen LogP contribution in [0.5, 0.6) is 0 Å². The maximum atomic E-state index is 12.6. The lowest BCUT2D eigenvalue weighted by Crippen LogP contribution is -2.59. The Bertz CT molecular complexity index is 664. The van der Waals surface area contributed by atoms with E-state index in [2.05, 4.69) is 31.9 Å². The molecule has 3 aliphatic rings. The molecule has 1 N–H and O–H groups in total. The fourth-order valence-electron chi connectivity index (χ4n) is 4.64. The normalized spacial score (nSPS) is 22.9. The Hall–Kier alpha value is -1.12. The highest BCUT2D eigenvalue weighted by Gasteiger charge is 2.38. The molecule has 2 aliphatic carbocycles. The average Bonchev–Trinajstić information content (AvgIpc) is 3.51. The van der Waals surface area contributed by atoms with Gasteiger partial charge in [0.15, 0.2) is 5.16 Å². The zero-order valence-electron chi connectivity index (χ0n) is 17.0. The second-order valence-electron chi connectivity index (χ2n) is 8.31. The van der Waals surface area contributed by atoms with Crippen LogP contribution in [0.3, 0.4) is 0 Å². The van der Waals surface area contributed by atoms with Crippen molar-refractivity contribution < 1.29 is 9.53 Å². The van der Waals surface area contributed by atoms with Crippen molar-refractivity contribution in [2.75, 3.05) is 38.6 Å². The minimum absolute atomic E-state index is 0.0989. The number of morpholine rings is 1. The summed E-state index contributed by atoms with van der Waals surface area (Å²) in [4.78, 5) is 15.2. The number of thioether (sulfide) groups is 1. The van der Waals surface area contributed by atoms with Crippen LogP contribution in [0.2, 0.25) is 0 Å². The summed E-state index contributed by atoms with van der Waals surface area (Å²) in [6, 6.07) is 0. The highest BCUT2D eigenvalue weighted by atomic mass is 32.2. The Morgan fingerprint density at radius 3 is 2.64 bits per heavy atom. The van der Waals surface area contributed by atoms with E-state index < -0.39 is 0 Å². The van der Waals surface area contributed by atoms with E-state index in [0.717, 1.165) is 50.4 Å². The largest absolute Gasteiger partial charge is 0.379 e. The van der Waals surface area contributed by atoms with Crippen molar-refractivity contribution >= 4 is 17.7 Å². The zero-order valence-corrected chi connectivity index (χ0v) is 17.8. The van der Waals surface area contributed by atoms with Gasteiger partial charge in [-0.15, -0.1) is 10.2 Å². The summed E-state index contributed by atoms with van der Waals surface area (Å²) in [5.74, 6) is 2.18. The Kier molecular flexibility index (Phi) is 6.58. The number of aromatic nitrogens is 3. The molecule has 2 heterocycles. The molecule has 0 bridgehead atoms. The van der Waals surface area contributed by atoms with Gasteiger partial charge in [-0.1, -0.05) is 31.0 Å². The minimum Gasteiger partial charge on any atom is -0.379 e. The first-order valence-corrected chi connectivity index (χ1v) is 11.9. The van der Waals surface area contributed by atoms with E-state index in [4.69, 9.17) is 4.74 Å². The lowest BCUT2D eigenvalue weighted by molar-refractivity contribution is -0.119. The molecule has 3 fully saturated rings. The van der Waals surface area contributed by atoms with E-state index in [0.29, 0.717) is 11.7 Å². The van der Waals surface area contributed by atoms with Gasteiger partial charge in [-0.05, 0) is 32.6 Å². The number of carbonyl (C=O) groups is 1. The molecule has 0 spiro atoms. The molecule has 0 aromatic carbocycles. The summed E-state index contributed by atoms with van der Waals surface area (Å²) < 4.78 is 7.72. The van der Waals surface area contributed by atoms with E-state index in [9.17, 15) is 4.79 Å². The van der Waals surface area contributed by atoms with Gasteiger partial charge < -0.3 is 14.6 Å². The van der Waals surface area contributed by atoms with E-state index in [1.807, 2.05) is 0 Å². The van der Waals surface area contributed by atoms with E-state index in [-0.39, 0.29) is 11.4 Å². The monoisotopic (exact) mass is 407 g/mol. The van der Waals surface area contributed by atoms with Crippen LogP contribution in [0.25, 0.3) is 0 Å². The number of ether oxygens (including phenoxy) is 1. The third kappa shape index (κ3) is 4.54. The first kappa shape index (κ1) is 20.2. The Balaban J connectivity index is 1.31. The van der Waals surface area contributed by atoms with Gasteiger partial charge in [-0.25, -0.2) is 0 Å². The Morgan fingerprint density at radius 1 is 1.21 bits per heavy atom. The third-order valence-corrected chi connectivity index (χ3v) is 7.38. The first-order chi connectivity index (χ1) is 13.7. The van der Waals surface area contributed by atoms with Crippen LogP contribution < -0.4 is 5.32 Å². The molecule has 0 atom stereocenters. The predicted molar refractivity (Wildman–Crippen MR) is 110 cm³/mol. The van der Waals surface area contributed by atoms with Crippen molar-refractivity contribution in [2.24, 2.45) is 0 Å². The molecule has 28 heavy (non-hydrogen) atoms. The first-order valence-electron chi connectivity index (χ1n) is 10.9. The predicted octanol–water partition coefficient (Wildman–Crippen LogP) is 2.42. The number of carbonyl (C=O) groups excluding carboxylic acids is 1. The quantitative estimate of drug-likeness (QED) is 0.667. The molecule has 8 heteroatoms. The lowest BCUT2D eigenvalue weighted by Gasteiger charge is -2.48. The van der Waals surface area contributed by atoms with Crippen LogP contribution >= 0.6 is 11.8 Å². The molecule has 0 unspecified atom stereocenters. The number of rotatable bonds is 8. The summed E-state index contributed by atoms with van der Waals surface area (Å²) in [5.41, 5.74) is 0.116. The lowest BCUT2D eigenvalue weighted by atomic mass is 9.79. The maximum absolute atomic E-state index is 12.6. The highest BCUT2D eigenvalue weighted by molar-refractivity contribution is 7.99. The minimum atomic E-state index is 0.0989. The van der Waals surface area contributed by atoms with Gasteiger partial charge >= 0.3 is 0 Å². The van der Waals surface area contributed by atoms with Crippen LogP contribution in [-0.4, -0.2) is 69.7 Å². The van der Waals surface area contributed by atoms with E-state index in [1.54, 1.807) is 0 Å². The molecule has 1 aliphatic heterocycles. The van der Waals surface area contributed by atoms with Gasteiger partial charge in [-0.2, -0.15) is 0 Å². The molecule has 156 valence electrons. The summed E-state index contributed by atoms with van der Waals surface area (Å²) >= 11 is 1.51. The van der Waals surface area contributed by atoms with Crippen LogP contribution in [0.15, 0.2) is 5.16 Å². The van der Waals surface area contributed by atoms with Gasteiger partial charge in [0.1, 0.15) is 5.82 Å². The van der Waals surface area contributed by atoms with Gasteiger partial charge in [0, 0.05) is 37.6 Å². The smallest absolute Gasteiger partial charge is 0.230 e. The van der Waals surface area contributed by atoms with Crippen LogP contribution in [0.4, 0.5) is 0 Å². The van der Waals surface area contributed by atoms with Gasteiger partial charge in [0.2, 0.25) is 5.91 Å². The van der Waals surface area contributed by atoms with Crippen molar-refractivity contribution in [3.05, 3.63) is 5.82 Å². The fraction of sp³-hybridized carbons (Fsp3) is 0.850. The molecule has 4 rings (SSSR count). The summed E-state index contributed by atoms with van der Waals surface area (Å²) in [6.45, 7) is 7.31. The summed E-state index contributed by atoms with van der Waals surface area (Å²) in [7, 11) is 0. The summed E-state index contributed by atoms with van der Waals surface area (Å²) in [6.07, 6.45) is 8.60. The SMILES string of the molecule is CCn1c(SCC(=O)NCC2(N3CCOCC3)CCCCC2)nnc1C1CC1. The van der Waals surface area contributed by atoms with Crippen LogP contribution in [-0.2, 0) is 16.1 Å². The molecule has 2 saturated carbocycles.